The monoisotopic (exact) mass is 411 g/mol. The van der Waals surface area contributed by atoms with E-state index in [4.69, 9.17) is 9.47 Å². The molecule has 136 valence electrons. The van der Waals surface area contributed by atoms with Crippen LogP contribution in [0.5, 0.6) is 0 Å². The molecule has 6 nitrogen and oxygen atoms in total. The summed E-state index contributed by atoms with van der Waals surface area (Å²) < 4.78 is 11.3. The van der Waals surface area contributed by atoms with E-state index < -0.39 is 29.5 Å². The third-order valence-electron chi connectivity index (χ3n) is 3.70. The van der Waals surface area contributed by atoms with E-state index in [1.807, 2.05) is 0 Å². The minimum absolute atomic E-state index is 0.291. The van der Waals surface area contributed by atoms with Gasteiger partial charge in [0.15, 0.2) is 12.4 Å². The summed E-state index contributed by atoms with van der Waals surface area (Å²) >= 11 is 3.29. The second kappa shape index (κ2) is 8.10. The fraction of sp³-hybridized carbons (Fsp3) is 0.500. The summed E-state index contributed by atoms with van der Waals surface area (Å²) in [5.41, 5.74) is -0.169. The van der Waals surface area contributed by atoms with E-state index in [0.29, 0.717) is 18.5 Å². The van der Waals surface area contributed by atoms with Crippen LogP contribution in [0.1, 0.15) is 37.6 Å². The van der Waals surface area contributed by atoms with Crippen LogP contribution in [0.4, 0.5) is 0 Å². The van der Waals surface area contributed by atoms with Crippen LogP contribution < -0.4 is 5.32 Å². The molecule has 1 N–H and O–H groups in total. The van der Waals surface area contributed by atoms with Crippen molar-refractivity contribution in [1.82, 2.24) is 5.32 Å². The van der Waals surface area contributed by atoms with Gasteiger partial charge < -0.3 is 14.8 Å². The molecular formula is C18H22BrNO5. The molecule has 1 heterocycles. The number of hydrogen-bond acceptors (Lipinski definition) is 6. The summed E-state index contributed by atoms with van der Waals surface area (Å²) in [5.74, 6) is -1.98. The summed E-state index contributed by atoms with van der Waals surface area (Å²) in [6, 6.07) is 6.06. The number of nitrogens with one attached hydrogen (secondary N) is 1. The Hall–Kier alpha value is -1.73. The van der Waals surface area contributed by atoms with Crippen molar-refractivity contribution in [2.24, 2.45) is 5.92 Å². The van der Waals surface area contributed by atoms with Gasteiger partial charge in [-0.3, -0.25) is 14.4 Å². The van der Waals surface area contributed by atoms with Crippen LogP contribution in [0.15, 0.2) is 28.7 Å². The first-order chi connectivity index (χ1) is 11.7. The Morgan fingerprint density at radius 1 is 1.16 bits per heavy atom. The molecule has 1 aliphatic heterocycles. The molecule has 2 rings (SSSR count). The molecule has 1 fully saturated rings. The normalized spacial score (nSPS) is 20.2. The first-order valence-electron chi connectivity index (χ1n) is 8.09. The third kappa shape index (κ3) is 5.64. The predicted molar refractivity (Wildman–Crippen MR) is 95.2 cm³/mol. The standard InChI is InChI=1S/C18H22BrNO5/c1-18(2,3)25-17(23)15-13(8-9-20-15)16(22)24-10-14(21)11-4-6-12(19)7-5-11/h4-7,13,15,20H,8-10H2,1-3H3. The Kier molecular flexibility index (Phi) is 6.35. The van der Waals surface area contributed by atoms with E-state index in [0.717, 1.165) is 4.47 Å². The van der Waals surface area contributed by atoms with E-state index in [-0.39, 0.29) is 12.4 Å². The van der Waals surface area contributed by atoms with Crippen molar-refractivity contribution in [3.8, 4) is 0 Å². The molecule has 25 heavy (non-hydrogen) atoms. The zero-order valence-corrected chi connectivity index (χ0v) is 16.1. The highest BCUT2D eigenvalue weighted by atomic mass is 79.9. The summed E-state index contributed by atoms with van der Waals surface area (Å²) in [6.07, 6.45) is 0.467. The van der Waals surface area contributed by atoms with Gasteiger partial charge >= 0.3 is 11.9 Å². The maximum atomic E-state index is 12.3. The molecular weight excluding hydrogens is 390 g/mol. The number of rotatable bonds is 5. The number of hydrogen-bond donors (Lipinski definition) is 1. The second-order valence-corrected chi connectivity index (χ2v) is 7.81. The molecule has 1 aliphatic rings. The number of ketones is 1. The molecule has 2 unspecified atom stereocenters. The maximum Gasteiger partial charge on any atom is 0.324 e. The van der Waals surface area contributed by atoms with Crippen molar-refractivity contribution < 1.29 is 23.9 Å². The topological polar surface area (TPSA) is 81.7 Å². The Morgan fingerprint density at radius 3 is 2.40 bits per heavy atom. The zero-order valence-electron chi connectivity index (χ0n) is 14.5. The minimum Gasteiger partial charge on any atom is -0.459 e. The van der Waals surface area contributed by atoms with Crippen LogP contribution in [-0.2, 0) is 19.1 Å². The summed E-state index contributed by atoms with van der Waals surface area (Å²) in [5, 5.41) is 2.97. The number of ether oxygens (including phenoxy) is 2. The Labute approximate surface area is 155 Å². The number of carbonyl (C=O) groups is 3. The van der Waals surface area contributed by atoms with Gasteiger partial charge in [0, 0.05) is 10.0 Å². The van der Waals surface area contributed by atoms with Crippen molar-refractivity contribution >= 4 is 33.7 Å². The molecule has 1 aromatic rings. The Balaban J connectivity index is 1.92. The number of Topliss-reactive ketones (excluding diaryl/α,β-unsaturated/α-hetero) is 1. The van der Waals surface area contributed by atoms with Crippen molar-refractivity contribution in [2.45, 2.75) is 38.8 Å². The molecule has 0 saturated carbocycles. The van der Waals surface area contributed by atoms with Crippen LogP contribution in [-0.4, -0.2) is 42.5 Å². The molecule has 0 aromatic heterocycles. The highest BCUT2D eigenvalue weighted by Gasteiger charge is 2.41. The summed E-state index contributed by atoms with van der Waals surface area (Å²) in [6.45, 7) is 5.47. The molecule has 0 spiro atoms. The number of carbonyl (C=O) groups excluding carboxylic acids is 3. The molecule has 7 heteroatoms. The van der Waals surface area contributed by atoms with E-state index in [2.05, 4.69) is 21.2 Å². The molecule has 2 atom stereocenters. The Bertz CT molecular complexity index is 650. The third-order valence-corrected chi connectivity index (χ3v) is 4.23. The predicted octanol–water partition coefficient (Wildman–Crippen LogP) is 2.49. The average Bonchev–Trinajstić information content (AvgIpc) is 3.01. The first-order valence-corrected chi connectivity index (χ1v) is 8.88. The smallest absolute Gasteiger partial charge is 0.324 e. The average molecular weight is 412 g/mol. The van der Waals surface area contributed by atoms with Gasteiger partial charge in [-0.2, -0.15) is 0 Å². The van der Waals surface area contributed by atoms with Gasteiger partial charge in [0.2, 0.25) is 0 Å². The molecule has 0 radical (unpaired) electrons. The lowest BCUT2D eigenvalue weighted by Crippen LogP contribution is -2.43. The van der Waals surface area contributed by atoms with Gasteiger partial charge in [0.1, 0.15) is 11.6 Å². The van der Waals surface area contributed by atoms with Crippen LogP contribution >= 0.6 is 15.9 Å². The number of benzene rings is 1. The maximum absolute atomic E-state index is 12.3. The summed E-state index contributed by atoms with van der Waals surface area (Å²) in [4.78, 5) is 36.6. The zero-order chi connectivity index (χ0) is 18.6. The largest absolute Gasteiger partial charge is 0.459 e. The number of esters is 2. The van der Waals surface area contributed by atoms with Crippen LogP contribution in [0.2, 0.25) is 0 Å². The van der Waals surface area contributed by atoms with Crippen LogP contribution in [0, 0.1) is 5.92 Å². The minimum atomic E-state index is -0.741. The fourth-order valence-corrected chi connectivity index (χ4v) is 2.80. The SMILES string of the molecule is CC(C)(C)OC(=O)C1NCCC1C(=O)OCC(=O)c1ccc(Br)cc1. The van der Waals surface area contributed by atoms with Gasteiger partial charge in [-0.05, 0) is 45.9 Å². The van der Waals surface area contributed by atoms with Crippen molar-refractivity contribution in [1.29, 1.82) is 0 Å². The lowest BCUT2D eigenvalue weighted by atomic mass is 10.0. The van der Waals surface area contributed by atoms with Gasteiger partial charge in [-0.1, -0.05) is 28.1 Å². The van der Waals surface area contributed by atoms with Crippen molar-refractivity contribution in [3.05, 3.63) is 34.3 Å². The molecule has 0 amide bonds. The van der Waals surface area contributed by atoms with Gasteiger partial charge in [-0.25, -0.2) is 0 Å². The van der Waals surface area contributed by atoms with E-state index >= 15 is 0 Å². The molecule has 1 saturated heterocycles. The molecule has 0 bridgehead atoms. The first kappa shape index (κ1) is 19.6. The van der Waals surface area contributed by atoms with Gasteiger partial charge in [0.05, 0.1) is 5.92 Å². The molecule has 0 aliphatic carbocycles. The fourth-order valence-electron chi connectivity index (χ4n) is 2.53. The highest BCUT2D eigenvalue weighted by Crippen LogP contribution is 2.21. The lowest BCUT2D eigenvalue weighted by Gasteiger charge is -2.24. The van der Waals surface area contributed by atoms with Gasteiger partial charge in [-0.15, -0.1) is 0 Å². The van der Waals surface area contributed by atoms with Crippen molar-refractivity contribution in [2.75, 3.05) is 13.2 Å². The number of halogens is 1. The second-order valence-electron chi connectivity index (χ2n) is 6.90. The molecule has 1 aromatic carbocycles. The van der Waals surface area contributed by atoms with E-state index in [9.17, 15) is 14.4 Å². The van der Waals surface area contributed by atoms with Crippen LogP contribution in [0.3, 0.4) is 0 Å². The van der Waals surface area contributed by atoms with Crippen molar-refractivity contribution in [3.63, 3.8) is 0 Å². The lowest BCUT2D eigenvalue weighted by molar-refractivity contribution is -0.163. The Morgan fingerprint density at radius 2 is 1.80 bits per heavy atom. The summed E-state index contributed by atoms with van der Waals surface area (Å²) in [7, 11) is 0. The van der Waals surface area contributed by atoms with E-state index in [1.165, 1.54) is 0 Å². The van der Waals surface area contributed by atoms with Gasteiger partial charge in [0.25, 0.3) is 0 Å². The van der Waals surface area contributed by atoms with Crippen LogP contribution in [0.25, 0.3) is 0 Å². The quantitative estimate of drug-likeness (QED) is 0.591. The highest BCUT2D eigenvalue weighted by molar-refractivity contribution is 9.10. The van der Waals surface area contributed by atoms with E-state index in [1.54, 1.807) is 45.0 Å².